The van der Waals surface area contributed by atoms with Crippen LogP contribution in [0.4, 0.5) is 17.1 Å². The average molecular weight is 665 g/mol. The molecule has 244 valence electrons. The van der Waals surface area contributed by atoms with Gasteiger partial charge in [-0.2, -0.15) is 0 Å². The first-order chi connectivity index (χ1) is 25.8. The monoisotopic (exact) mass is 664 g/mol. The number of hydrogen-bond donors (Lipinski definition) is 0. The summed E-state index contributed by atoms with van der Waals surface area (Å²) < 4.78 is 6.68. The average Bonchev–Trinajstić information content (AvgIpc) is 3.67. The van der Waals surface area contributed by atoms with Crippen molar-refractivity contribution in [2.75, 3.05) is 4.90 Å². The molecule has 0 bridgehead atoms. The molecule has 0 fully saturated rings. The lowest BCUT2D eigenvalue weighted by Gasteiger charge is -2.28. The van der Waals surface area contributed by atoms with Gasteiger partial charge in [0.2, 0.25) is 5.89 Å². The van der Waals surface area contributed by atoms with Crippen molar-refractivity contribution in [1.29, 1.82) is 0 Å². The number of hydrogen-bond acceptors (Lipinski definition) is 3. The summed E-state index contributed by atoms with van der Waals surface area (Å²) in [5, 5.41) is 6.82. The zero-order valence-corrected chi connectivity index (χ0v) is 28.3. The molecule has 10 rings (SSSR count). The molecule has 0 aliphatic rings. The highest BCUT2D eigenvalue weighted by Crippen LogP contribution is 2.45. The van der Waals surface area contributed by atoms with Crippen LogP contribution in [0, 0.1) is 0 Å². The van der Waals surface area contributed by atoms with Gasteiger partial charge in [0.25, 0.3) is 0 Å². The molecule has 0 N–H and O–H groups in total. The molecule has 0 atom stereocenters. The van der Waals surface area contributed by atoms with Gasteiger partial charge in [0, 0.05) is 27.7 Å². The Morgan fingerprint density at radius 2 is 1.00 bits per heavy atom. The van der Waals surface area contributed by atoms with E-state index in [4.69, 9.17) is 9.40 Å². The summed E-state index contributed by atoms with van der Waals surface area (Å²) in [6.45, 7) is 0. The first-order valence-electron chi connectivity index (χ1n) is 17.6. The molecule has 10 aromatic rings. The third kappa shape index (κ3) is 5.02. The van der Waals surface area contributed by atoms with Gasteiger partial charge >= 0.3 is 0 Å². The Morgan fingerprint density at radius 3 is 1.71 bits per heavy atom. The quantitative estimate of drug-likeness (QED) is 0.166. The number of rotatable bonds is 6. The molecule has 0 unspecified atom stereocenters. The minimum atomic E-state index is 0.621. The lowest BCUT2D eigenvalue weighted by molar-refractivity contribution is 0.623. The van der Waals surface area contributed by atoms with Crippen molar-refractivity contribution in [2.24, 2.45) is 0 Å². The molecule has 3 heteroatoms. The van der Waals surface area contributed by atoms with Crippen LogP contribution in [0.3, 0.4) is 0 Å². The van der Waals surface area contributed by atoms with Crippen molar-refractivity contribution in [2.45, 2.75) is 0 Å². The standard InChI is InChI=1S/C49H32N2O/c1-5-15-33(16-6-1)39-28-30-46(42-24-14-13-23-40(39)42)51(37-21-11-4-12-22-37)38-26-27-41-43(34-17-7-2-8-18-34)31-36-25-29-45-48(47(36)44(41)32-38)52-49(50-45)35-19-9-3-10-20-35/h1-32H. The van der Waals surface area contributed by atoms with Crippen LogP contribution >= 0.6 is 0 Å². The van der Waals surface area contributed by atoms with Crippen LogP contribution in [0.25, 0.3) is 77.1 Å². The van der Waals surface area contributed by atoms with Crippen LogP contribution < -0.4 is 4.90 Å². The van der Waals surface area contributed by atoms with Gasteiger partial charge in [0.15, 0.2) is 5.58 Å². The van der Waals surface area contributed by atoms with E-state index in [0.717, 1.165) is 55.3 Å². The molecular formula is C49H32N2O. The summed E-state index contributed by atoms with van der Waals surface area (Å²) in [5.74, 6) is 0.621. The number of nitrogens with zero attached hydrogens (tertiary/aromatic N) is 2. The van der Waals surface area contributed by atoms with Crippen molar-refractivity contribution in [3.8, 4) is 33.7 Å². The van der Waals surface area contributed by atoms with E-state index in [1.54, 1.807) is 0 Å². The molecule has 0 saturated heterocycles. The number of fused-ring (bicyclic) bond motifs is 6. The summed E-state index contributed by atoms with van der Waals surface area (Å²) in [5.41, 5.74) is 10.6. The summed E-state index contributed by atoms with van der Waals surface area (Å²) in [6.07, 6.45) is 0. The zero-order valence-electron chi connectivity index (χ0n) is 28.3. The number of oxazole rings is 1. The second-order valence-corrected chi connectivity index (χ2v) is 13.1. The van der Waals surface area contributed by atoms with Gasteiger partial charge in [-0.15, -0.1) is 0 Å². The van der Waals surface area contributed by atoms with Crippen LogP contribution in [-0.4, -0.2) is 4.98 Å². The molecule has 3 nitrogen and oxygen atoms in total. The number of para-hydroxylation sites is 1. The fourth-order valence-corrected chi connectivity index (χ4v) is 7.66. The Kier molecular flexibility index (Phi) is 7.14. The normalized spacial score (nSPS) is 11.5. The van der Waals surface area contributed by atoms with Crippen molar-refractivity contribution in [3.05, 3.63) is 194 Å². The molecule has 0 radical (unpaired) electrons. The smallest absolute Gasteiger partial charge is 0.227 e. The molecule has 0 aliphatic carbocycles. The van der Waals surface area contributed by atoms with E-state index in [1.807, 2.05) is 30.3 Å². The summed E-state index contributed by atoms with van der Waals surface area (Å²) in [6, 6.07) is 68.7. The van der Waals surface area contributed by atoms with Crippen molar-refractivity contribution >= 4 is 60.5 Å². The zero-order chi connectivity index (χ0) is 34.4. The largest absolute Gasteiger partial charge is 0.435 e. The Hall–Kier alpha value is -6.97. The highest BCUT2D eigenvalue weighted by Gasteiger charge is 2.21. The van der Waals surface area contributed by atoms with E-state index >= 15 is 0 Å². The molecule has 0 saturated carbocycles. The Balaban J connectivity index is 1.27. The van der Waals surface area contributed by atoms with Gasteiger partial charge in [-0.25, -0.2) is 4.98 Å². The van der Waals surface area contributed by atoms with Gasteiger partial charge in [0.05, 0.1) is 5.69 Å². The fourth-order valence-electron chi connectivity index (χ4n) is 7.66. The highest BCUT2D eigenvalue weighted by molar-refractivity contribution is 6.22. The van der Waals surface area contributed by atoms with Crippen LogP contribution in [-0.2, 0) is 0 Å². The van der Waals surface area contributed by atoms with Crippen LogP contribution in [0.15, 0.2) is 199 Å². The molecule has 0 spiro atoms. The van der Waals surface area contributed by atoms with Gasteiger partial charge in [0.1, 0.15) is 5.52 Å². The molecule has 1 aromatic heterocycles. The van der Waals surface area contributed by atoms with Crippen LogP contribution in [0.5, 0.6) is 0 Å². The van der Waals surface area contributed by atoms with Crippen molar-refractivity contribution < 1.29 is 4.42 Å². The Morgan fingerprint density at radius 1 is 0.404 bits per heavy atom. The van der Waals surface area contributed by atoms with E-state index in [2.05, 4.69) is 169 Å². The number of benzene rings is 9. The van der Waals surface area contributed by atoms with Crippen LogP contribution in [0.1, 0.15) is 0 Å². The lowest BCUT2D eigenvalue weighted by atomic mass is 9.92. The molecule has 9 aromatic carbocycles. The van der Waals surface area contributed by atoms with E-state index in [9.17, 15) is 0 Å². The summed E-state index contributed by atoms with van der Waals surface area (Å²) in [4.78, 5) is 7.35. The highest BCUT2D eigenvalue weighted by atomic mass is 16.3. The minimum Gasteiger partial charge on any atom is -0.435 e. The van der Waals surface area contributed by atoms with Crippen molar-refractivity contribution in [3.63, 3.8) is 0 Å². The molecular weight excluding hydrogens is 633 g/mol. The van der Waals surface area contributed by atoms with Gasteiger partial charge in [-0.05, 0) is 98.4 Å². The second kappa shape index (κ2) is 12.4. The third-order valence-electron chi connectivity index (χ3n) is 10.1. The maximum atomic E-state index is 6.68. The second-order valence-electron chi connectivity index (χ2n) is 13.1. The predicted molar refractivity (Wildman–Crippen MR) is 218 cm³/mol. The topological polar surface area (TPSA) is 29.3 Å². The van der Waals surface area contributed by atoms with Crippen molar-refractivity contribution in [1.82, 2.24) is 4.98 Å². The van der Waals surface area contributed by atoms with E-state index in [0.29, 0.717) is 5.89 Å². The van der Waals surface area contributed by atoms with Gasteiger partial charge < -0.3 is 9.32 Å². The summed E-state index contributed by atoms with van der Waals surface area (Å²) >= 11 is 0. The Bertz CT molecular complexity index is 2880. The first kappa shape index (κ1) is 29.9. The van der Waals surface area contributed by atoms with Gasteiger partial charge in [-0.1, -0.05) is 140 Å². The van der Waals surface area contributed by atoms with E-state index < -0.39 is 0 Å². The number of aromatic nitrogens is 1. The Labute approximate surface area is 301 Å². The predicted octanol–water partition coefficient (Wildman–Crippen LogP) is 13.8. The number of anilines is 3. The summed E-state index contributed by atoms with van der Waals surface area (Å²) in [7, 11) is 0. The van der Waals surface area contributed by atoms with E-state index in [-0.39, 0.29) is 0 Å². The van der Waals surface area contributed by atoms with Crippen LogP contribution in [0.2, 0.25) is 0 Å². The molecule has 0 aliphatic heterocycles. The maximum absolute atomic E-state index is 6.68. The molecule has 52 heavy (non-hydrogen) atoms. The molecule has 0 amide bonds. The van der Waals surface area contributed by atoms with Gasteiger partial charge in [-0.3, -0.25) is 0 Å². The molecule has 1 heterocycles. The van der Waals surface area contributed by atoms with E-state index in [1.165, 1.54) is 33.0 Å². The maximum Gasteiger partial charge on any atom is 0.227 e. The fraction of sp³-hybridized carbons (Fsp3) is 0. The minimum absolute atomic E-state index is 0.621. The lowest BCUT2D eigenvalue weighted by Crippen LogP contribution is -2.10. The third-order valence-corrected chi connectivity index (χ3v) is 10.1. The first-order valence-corrected chi connectivity index (χ1v) is 17.6. The SMILES string of the molecule is c1ccc(-c2nc3ccc4cc(-c5ccccc5)c5ccc(N(c6ccccc6)c6ccc(-c7ccccc7)c7ccccc67)cc5c4c3o2)cc1.